The Morgan fingerprint density at radius 2 is 1.25 bits per heavy atom. The average molecular weight is 278 g/mol. The molecule has 0 amide bonds. The summed E-state index contributed by atoms with van der Waals surface area (Å²) in [6, 6.07) is 3.70. The summed E-state index contributed by atoms with van der Waals surface area (Å²) in [5.74, 6) is 0. The molecule has 10 nitrogen and oxygen atoms in total. The molecule has 0 spiro atoms. The molecule has 0 aromatic carbocycles. The van der Waals surface area contributed by atoms with Gasteiger partial charge in [-0.25, -0.2) is 0 Å². The van der Waals surface area contributed by atoms with Crippen molar-refractivity contribution in [2.24, 2.45) is 10.8 Å². The first-order valence-corrected chi connectivity index (χ1v) is 5.50. The monoisotopic (exact) mass is 278 g/mol. The van der Waals surface area contributed by atoms with Gasteiger partial charge in [0, 0.05) is 0 Å². The smallest absolute Gasteiger partial charge is 0.305 e. The molecular formula is C10H10N6O4+2. The minimum absolute atomic E-state index is 0.135. The van der Waals surface area contributed by atoms with E-state index in [0.717, 1.165) is 0 Å². The van der Waals surface area contributed by atoms with E-state index >= 15 is 0 Å². The zero-order chi connectivity index (χ0) is 15.3. The lowest BCUT2D eigenvalue weighted by Gasteiger charge is -2.24. The van der Waals surface area contributed by atoms with Crippen molar-refractivity contribution < 1.29 is 21.3 Å². The van der Waals surface area contributed by atoms with Crippen molar-refractivity contribution in [2.75, 3.05) is 0 Å². The lowest BCUT2D eigenvalue weighted by molar-refractivity contribution is -0.451. The van der Waals surface area contributed by atoms with E-state index in [1.807, 2.05) is 12.1 Å². The molecule has 20 heavy (non-hydrogen) atoms. The second-order valence-electron chi connectivity index (χ2n) is 4.75. The fraction of sp³-hybridized carbons (Fsp3) is 0.400. The Morgan fingerprint density at radius 3 is 1.45 bits per heavy atom. The van der Waals surface area contributed by atoms with Gasteiger partial charge in [0.05, 0.1) is 34.8 Å². The molecule has 10 heteroatoms. The Labute approximate surface area is 111 Å². The van der Waals surface area contributed by atoms with Crippen molar-refractivity contribution in [3.05, 3.63) is 43.0 Å². The van der Waals surface area contributed by atoms with Gasteiger partial charge in [-0.2, -0.15) is 10.5 Å². The van der Waals surface area contributed by atoms with Gasteiger partial charge in [0.25, 0.3) is 0 Å². The highest BCUT2D eigenvalue weighted by atomic mass is 16.6. The van der Waals surface area contributed by atoms with Gasteiger partial charge in [-0.1, -0.05) is 0 Å². The first-order valence-electron chi connectivity index (χ1n) is 5.50. The Bertz CT molecular complexity index is 636. The number of hydrogen-bond donors (Lipinski definition) is 2. The summed E-state index contributed by atoms with van der Waals surface area (Å²) in [4.78, 5) is 20.6. The number of nitriles is 2. The van der Waals surface area contributed by atoms with Gasteiger partial charge in [0.2, 0.25) is 11.4 Å². The summed E-state index contributed by atoms with van der Waals surface area (Å²) in [6.45, 7) is 0. The van der Waals surface area contributed by atoms with Gasteiger partial charge in [0.15, 0.2) is 10.8 Å². The van der Waals surface area contributed by atoms with Gasteiger partial charge >= 0.3 is 11.4 Å². The summed E-state index contributed by atoms with van der Waals surface area (Å²) >= 11 is 0. The van der Waals surface area contributed by atoms with E-state index in [2.05, 4.69) is 11.5 Å². The molecule has 2 aliphatic carbocycles. The lowest BCUT2D eigenvalue weighted by atomic mass is 9.67. The number of allylic oxidation sites excluding steroid dienone is 4. The van der Waals surface area contributed by atoms with Crippen LogP contribution in [0.1, 0.15) is 12.8 Å². The quantitative estimate of drug-likeness (QED) is 0.445. The topological polar surface area (TPSA) is 189 Å². The fourth-order valence-electron chi connectivity index (χ4n) is 2.99. The zero-order valence-corrected chi connectivity index (χ0v) is 10.3. The average Bonchev–Trinajstić information content (AvgIpc) is 2.80. The van der Waals surface area contributed by atoms with Gasteiger partial charge in [-0.3, -0.25) is 20.2 Å². The van der Waals surface area contributed by atoms with Crippen molar-refractivity contribution in [2.45, 2.75) is 12.8 Å². The zero-order valence-electron chi connectivity index (χ0n) is 10.3. The third-order valence-corrected chi connectivity index (χ3v) is 4.14. The van der Waals surface area contributed by atoms with Crippen LogP contribution >= 0.6 is 0 Å². The molecule has 2 rings (SSSR count). The molecule has 0 unspecified atom stereocenters. The van der Waals surface area contributed by atoms with E-state index in [1.54, 1.807) is 0 Å². The van der Waals surface area contributed by atoms with Gasteiger partial charge in [-0.05, 0) is 0 Å². The molecule has 2 aliphatic rings. The standard InChI is InChI=1S/C10H8N6O4/c11-3-9-1-5(15(17)18)7(13)10(9,4-12)2-6(8(9)14)16(19)20/h1-2,13-14H2/p+2/t9-,10-/m0/s1. The van der Waals surface area contributed by atoms with Gasteiger partial charge < -0.3 is 11.5 Å². The highest BCUT2D eigenvalue weighted by molar-refractivity contribution is 5.48. The molecule has 2 atom stereocenters. The molecule has 102 valence electrons. The fourth-order valence-corrected chi connectivity index (χ4v) is 2.99. The number of rotatable bonds is 2. The van der Waals surface area contributed by atoms with Crippen molar-refractivity contribution in [1.82, 2.24) is 0 Å². The van der Waals surface area contributed by atoms with E-state index in [9.17, 15) is 30.8 Å². The number of nitrogens with zero attached hydrogens (tertiary/aromatic N) is 4. The van der Waals surface area contributed by atoms with Crippen LogP contribution in [-0.4, -0.2) is 9.85 Å². The van der Waals surface area contributed by atoms with Crippen LogP contribution in [0.4, 0.5) is 0 Å². The molecule has 0 bridgehead atoms. The maximum absolute atomic E-state index is 11.0. The van der Waals surface area contributed by atoms with Crippen molar-refractivity contribution in [1.29, 1.82) is 10.5 Å². The Morgan fingerprint density at radius 1 is 0.950 bits per heavy atom. The molecule has 0 radical (unpaired) electrons. The highest BCUT2D eigenvalue weighted by Gasteiger charge is 2.75. The molecule has 6 N–H and O–H groups in total. The summed E-state index contributed by atoms with van der Waals surface area (Å²) in [5, 5.41) is 40.9. The Kier molecular flexibility index (Phi) is 2.61. The van der Waals surface area contributed by atoms with E-state index in [1.165, 1.54) is 0 Å². The molecule has 0 aliphatic heterocycles. The predicted octanol–water partition coefficient (Wildman–Crippen LogP) is -1.73. The van der Waals surface area contributed by atoms with E-state index in [-0.39, 0.29) is 35.6 Å². The predicted molar refractivity (Wildman–Crippen MR) is 59.1 cm³/mol. The van der Waals surface area contributed by atoms with Crippen LogP contribution in [0.2, 0.25) is 0 Å². The van der Waals surface area contributed by atoms with E-state index in [4.69, 9.17) is 0 Å². The van der Waals surface area contributed by atoms with Crippen LogP contribution in [0.3, 0.4) is 0 Å². The van der Waals surface area contributed by atoms with Crippen molar-refractivity contribution in [3.8, 4) is 12.1 Å². The second-order valence-corrected chi connectivity index (χ2v) is 4.75. The van der Waals surface area contributed by atoms with Crippen LogP contribution in [0, 0.1) is 53.7 Å². The maximum atomic E-state index is 11.0. The third-order valence-electron chi connectivity index (χ3n) is 4.14. The summed E-state index contributed by atoms with van der Waals surface area (Å²) in [6.07, 6.45) is -0.780. The highest BCUT2D eigenvalue weighted by Crippen LogP contribution is 2.63. The van der Waals surface area contributed by atoms with Crippen LogP contribution in [0.25, 0.3) is 0 Å². The first kappa shape index (κ1) is 13.6. The van der Waals surface area contributed by atoms with Crippen LogP contribution in [-0.2, 0) is 0 Å². The first-order chi connectivity index (χ1) is 9.27. The summed E-state index contributed by atoms with van der Waals surface area (Å²) < 4.78 is 0. The molecule has 0 saturated heterocycles. The van der Waals surface area contributed by atoms with Crippen LogP contribution < -0.4 is 11.5 Å². The minimum Gasteiger partial charge on any atom is -0.322 e. The van der Waals surface area contributed by atoms with Crippen LogP contribution in [0.5, 0.6) is 0 Å². The Hall–Kier alpha value is -2.82. The third kappa shape index (κ3) is 1.21. The molecule has 0 aromatic heterocycles. The molecule has 0 fully saturated rings. The van der Waals surface area contributed by atoms with E-state index < -0.39 is 20.7 Å². The number of nitro groups is 2. The second kappa shape index (κ2) is 3.84. The van der Waals surface area contributed by atoms with Gasteiger partial charge in [-0.15, -0.1) is 0 Å². The van der Waals surface area contributed by atoms with Crippen molar-refractivity contribution >= 4 is 0 Å². The normalized spacial score (nSPS) is 31.8. The van der Waals surface area contributed by atoms with Crippen LogP contribution in [0.15, 0.2) is 22.8 Å². The lowest BCUT2D eigenvalue weighted by Crippen LogP contribution is -2.61. The molecule has 0 saturated carbocycles. The summed E-state index contributed by atoms with van der Waals surface area (Å²) in [5.41, 5.74) is 2.77. The number of hydrogen-bond acceptors (Lipinski definition) is 6. The molecular weight excluding hydrogens is 268 g/mol. The minimum atomic E-state index is -1.68. The largest absolute Gasteiger partial charge is 0.322 e. The number of quaternary nitrogens is 2. The SMILES string of the molecule is N#C[C@]12CC([N+](=O)[O-])=C([NH3+])[C@@]1(C#N)CC([N+](=O)[O-])=C2[NH3+]. The maximum Gasteiger partial charge on any atom is 0.305 e. The Balaban J connectivity index is 2.76. The summed E-state index contributed by atoms with van der Waals surface area (Å²) in [7, 11) is 0. The van der Waals surface area contributed by atoms with E-state index in [0.29, 0.717) is 0 Å². The number of fused-ring (bicyclic) bond motifs is 1. The van der Waals surface area contributed by atoms with Gasteiger partial charge in [0.1, 0.15) is 0 Å². The van der Waals surface area contributed by atoms with Crippen molar-refractivity contribution in [3.63, 3.8) is 0 Å². The molecule has 0 aromatic rings. The molecule has 0 heterocycles.